The topological polar surface area (TPSA) is 72.7 Å². The summed E-state index contributed by atoms with van der Waals surface area (Å²) in [5.74, 6) is 0.155. The lowest BCUT2D eigenvalue weighted by molar-refractivity contribution is -0.121. The molecule has 1 aromatic heterocycles. The zero-order valence-corrected chi connectivity index (χ0v) is 18.2. The second-order valence-corrected chi connectivity index (χ2v) is 7.66. The van der Waals surface area contributed by atoms with Crippen LogP contribution in [0.4, 0.5) is 4.39 Å². The van der Waals surface area contributed by atoms with E-state index < -0.39 is 6.04 Å². The number of hydrogen-bond acceptors (Lipinski definition) is 4. The Morgan fingerprint density at radius 3 is 2.56 bits per heavy atom. The van der Waals surface area contributed by atoms with Gasteiger partial charge in [-0.3, -0.25) is 14.6 Å². The van der Waals surface area contributed by atoms with Crippen LogP contribution in [-0.4, -0.2) is 29.8 Å². The minimum absolute atomic E-state index is 0.0871. The molecule has 0 radical (unpaired) electrons. The molecule has 164 valence electrons. The largest absolute Gasteiger partial charge is 0.497 e. The minimum Gasteiger partial charge on any atom is -0.497 e. The third-order valence-electron chi connectivity index (χ3n) is 5.55. The highest BCUT2D eigenvalue weighted by Crippen LogP contribution is 2.39. The molecule has 1 atom stereocenters. The molecule has 32 heavy (non-hydrogen) atoms. The Bertz CT molecular complexity index is 1260. The molecular formula is C25H24FN3O3. The minimum atomic E-state index is -0.580. The van der Waals surface area contributed by atoms with Gasteiger partial charge in [0.15, 0.2) is 0 Å². The third kappa shape index (κ3) is 4.06. The highest BCUT2D eigenvalue weighted by Gasteiger charge is 2.27. The molecule has 4 rings (SSSR count). The predicted octanol–water partition coefficient (Wildman–Crippen LogP) is 3.62. The monoisotopic (exact) mass is 433 g/mol. The van der Waals surface area contributed by atoms with E-state index in [2.05, 4.69) is 5.32 Å². The van der Waals surface area contributed by atoms with Crippen molar-refractivity contribution in [1.82, 2.24) is 9.88 Å². The average Bonchev–Trinajstić information content (AvgIpc) is 2.90. The van der Waals surface area contributed by atoms with Gasteiger partial charge >= 0.3 is 0 Å². The van der Waals surface area contributed by atoms with Crippen LogP contribution in [0.5, 0.6) is 5.75 Å². The van der Waals surface area contributed by atoms with Gasteiger partial charge in [0.1, 0.15) is 11.6 Å². The van der Waals surface area contributed by atoms with Crippen LogP contribution < -0.4 is 15.6 Å². The number of pyridine rings is 1. The van der Waals surface area contributed by atoms with Crippen molar-refractivity contribution in [2.45, 2.75) is 19.4 Å². The number of fused-ring (bicyclic) bond motifs is 3. The molecule has 2 aromatic carbocycles. The van der Waals surface area contributed by atoms with Crippen molar-refractivity contribution >= 4 is 11.6 Å². The van der Waals surface area contributed by atoms with Crippen molar-refractivity contribution in [3.8, 4) is 16.9 Å². The second-order valence-electron chi connectivity index (χ2n) is 7.66. The van der Waals surface area contributed by atoms with Gasteiger partial charge in [-0.25, -0.2) is 4.39 Å². The van der Waals surface area contributed by atoms with E-state index in [0.29, 0.717) is 23.6 Å². The number of halogens is 1. The summed E-state index contributed by atoms with van der Waals surface area (Å²) < 4.78 is 20.6. The Kier molecular flexibility index (Phi) is 5.90. The molecule has 3 aromatic rings. The van der Waals surface area contributed by atoms with Crippen LogP contribution >= 0.6 is 0 Å². The molecule has 1 aliphatic rings. The van der Waals surface area contributed by atoms with Crippen LogP contribution in [0, 0.1) is 5.82 Å². The number of aliphatic imine (C=N–C) groups is 1. The van der Waals surface area contributed by atoms with Gasteiger partial charge in [-0.1, -0.05) is 0 Å². The third-order valence-corrected chi connectivity index (χ3v) is 5.55. The van der Waals surface area contributed by atoms with Crippen LogP contribution in [0.1, 0.15) is 36.1 Å². The fourth-order valence-electron chi connectivity index (χ4n) is 3.96. The molecular weight excluding hydrogens is 409 g/mol. The van der Waals surface area contributed by atoms with Gasteiger partial charge in [0, 0.05) is 42.5 Å². The van der Waals surface area contributed by atoms with Crippen molar-refractivity contribution in [2.75, 3.05) is 13.7 Å². The first kappa shape index (κ1) is 21.5. The number of amides is 1. The molecule has 1 amide bonds. The molecule has 7 heteroatoms. The molecule has 0 saturated carbocycles. The summed E-state index contributed by atoms with van der Waals surface area (Å²) in [7, 11) is 3.28. The number of carbonyl (C=O) groups is 1. The molecule has 2 heterocycles. The normalized spacial score (nSPS) is 14.6. The lowest BCUT2D eigenvalue weighted by atomic mass is 9.91. The smallest absolute Gasteiger partial charge is 0.250 e. The average molecular weight is 433 g/mol. The molecule has 1 aliphatic heterocycles. The van der Waals surface area contributed by atoms with E-state index in [9.17, 15) is 14.0 Å². The SMILES string of the molecule is CCNC(=O)C[C@@H]1N=C(c2ccc(F)cc2)c2ccc(OC)cc2-c2cn(C)c(=O)cc21. The van der Waals surface area contributed by atoms with Crippen LogP contribution in [0.2, 0.25) is 0 Å². The fraction of sp³-hybridized carbons (Fsp3) is 0.240. The maximum Gasteiger partial charge on any atom is 0.250 e. The Morgan fingerprint density at radius 2 is 1.88 bits per heavy atom. The van der Waals surface area contributed by atoms with E-state index in [4.69, 9.17) is 9.73 Å². The molecule has 6 nitrogen and oxygen atoms in total. The Labute approximate surface area is 185 Å². The van der Waals surface area contributed by atoms with Crippen molar-refractivity contribution in [1.29, 1.82) is 0 Å². The first-order valence-corrected chi connectivity index (χ1v) is 10.4. The van der Waals surface area contributed by atoms with Gasteiger partial charge in [0.05, 0.1) is 25.3 Å². The number of carbonyl (C=O) groups excluding carboxylic acids is 1. The van der Waals surface area contributed by atoms with Crippen molar-refractivity contribution in [2.24, 2.45) is 12.0 Å². The zero-order chi connectivity index (χ0) is 22.8. The maximum atomic E-state index is 13.6. The molecule has 1 N–H and O–H groups in total. The number of ether oxygens (including phenoxy) is 1. The summed E-state index contributed by atoms with van der Waals surface area (Å²) in [5, 5.41) is 2.81. The van der Waals surface area contributed by atoms with E-state index >= 15 is 0 Å². The number of aromatic nitrogens is 1. The maximum absolute atomic E-state index is 13.6. The summed E-state index contributed by atoms with van der Waals surface area (Å²) in [6.45, 7) is 2.35. The van der Waals surface area contributed by atoms with Gasteiger partial charge in [-0.15, -0.1) is 0 Å². The quantitative estimate of drug-likeness (QED) is 0.668. The van der Waals surface area contributed by atoms with Crippen LogP contribution in [-0.2, 0) is 11.8 Å². The summed E-state index contributed by atoms with van der Waals surface area (Å²) in [5.41, 5.74) is 4.28. The molecule has 0 fully saturated rings. The lowest BCUT2D eigenvalue weighted by Gasteiger charge is -2.16. The summed E-state index contributed by atoms with van der Waals surface area (Å²) in [6, 6.07) is 12.7. The number of nitrogens with one attached hydrogen (secondary N) is 1. The van der Waals surface area contributed by atoms with Crippen molar-refractivity contribution in [3.05, 3.63) is 87.6 Å². The summed E-state index contributed by atoms with van der Waals surface area (Å²) in [6.07, 6.45) is 1.85. The number of nitrogens with zero attached hydrogens (tertiary/aromatic N) is 2. The van der Waals surface area contributed by atoms with Gasteiger partial charge in [-0.05, 0) is 60.5 Å². The molecule has 0 unspecified atom stereocenters. The standard InChI is InChI=1S/C25H24FN3O3/c1-4-27-23(30)13-22-20-12-24(31)29(2)14-21(20)19-11-17(32-3)9-10-18(19)25(28-22)15-5-7-16(26)8-6-15/h5-12,14,22H,4,13H2,1-3H3,(H,27,30)/t22-/m0/s1. The van der Waals surface area contributed by atoms with Crippen LogP contribution in [0.25, 0.3) is 11.1 Å². The summed E-state index contributed by atoms with van der Waals surface area (Å²) >= 11 is 0. The predicted molar refractivity (Wildman–Crippen MR) is 122 cm³/mol. The van der Waals surface area contributed by atoms with E-state index in [0.717, 1.165) is 22.3 Å². The highest BCUT2D eigenvalue weighted by atomic mass is 19.1. The Hall–Kier alpha value is -3.74. The summed E-state index contributed by atoms with van der Waals surface area (Å²) in [4.78, 5) is 30.0. The second kappa shape index (κ2) is 8.78. The number of benzene rings is 2. The van der Waals surface area contributed by atoms with Gasteiger partial charge in [0.25, 0.3) is 5.56 Å². The van der Waals surface area contributed by atoms with E-state index in [1.165, 1.54) is 16.7 Å². The Morgan fingerprint density at radius 1 is 1.12 bits per heavy atom. The Balaban J connectivity index is 2.01. The molecule has 0 aliphatic carbocycles. The molecule has 0 spiro atoms. The fourth-order valence-corrected chi connectivity index (χ4v) is 3.96. The number of rotatable bonds is 5. The van der Waals surface area contributed by atoms with E-state index in [-0.39, 0.29) is 23.7 Å². The first-order chi connectivity index (χ1) is 15.4. The number of methoxy groups -OCH3 is 1. The molecule has 0 bridgehead atoms. The molecule has 0 saturated heterocycles. The number of aryl methyl sites for hydroxylation is 1. The van der Waals surface area contributed by atoms with Crippen molar-refractivity contribution < 1.29 is 13.9 Å². The number of hydrogen-bond donors (Lipinski definition) is 1. The van der Waals surface area contributed by atoms with Gasteiger partial charge < -0.3 is 14.6 Å². The highest BCUT2D eigenvalue weighted by molar-refractivity contribution is 6.17. The lowest BCUT2D eigenvalue weighted by Crippen LogP contribution is -2.25. The van der Waals surface area contributed by atoms with E-state index in [1.807, 2.05) is 25.1 Å². The van der Waals surface area contributed by atoms with Crippen molar-refractivity contribution in [3.63, 3.8) is 0 Å². The van der Waals surface area contributed by atoms with Gasteiger partial charge in [-0.2, -0.15) is 0 Å². The first-order valence-electron chi connectivity index (χ1n) is 10.4. The van der Waals surface area contributed by atoms with E-state index in [1.54, 1.807) is 38.6 Å². The van der Waals surface area contributed by atoms with Crippen LogP contribution in [0.15, 0.2) is 64.5 Å². The van der Waals surface area contributed by atoms with Crippen LogP contribution in [0.3, 0.4) is 0 Å². The van der Waals surface area contributed by atoms with Gasteiger partial charge in [0.2, 0.25) is 5.91 Å². The zero-order valence-electron chi connectivity index (χ0n) is 18.2.